The summed E-state index contributed by atoms with van der Waals surface area (Å²) in [6.45, 7) is 2.27. The molecule has 2 atom stereocenters. The number of hydrogen-bond acceptors (Lipinski definition) is 2. The molecule has 0 spiro atoms. The molecule has 2 N–H and O–H groups in total. The zero-order valence-corrected chi connectivity index (χ0v) is 11.6. The molecule has 1 aromatic rings. The number of benzene rings is 1. The van der Waals surface area contributed by atoms with Crippen LogP contribution in [0, 0.1) is 0 Å². The Kier molecular flexibility index (Phi) is 4.10. The molecule has 1 heterocycles. The number of alkyl halides is 1. The topological polar surface area (TPSA) is 63.4 Å². The fourth-order valence-corrected chi connectivity index (χ4v) is 2.63. The molecule has 5 heteroatoms. The lowest BCUT2D eigenvalue weighted by Gasteiger charge is -2.35. The van der Waals surface area contributed by atoms with Crippen molar-refractivity contribution in [2.75, 3.05) is 6.54 Å². The van der Waals surface area contributed by atoms with Gasteiger partial charge in [0.25, 0.3) is 0 Å². The van der Waals surface area contributed by atoms with E-state index in [4.69, 9.17) is 17.3 Å². The lowest BCUT2D eigenvalue weighted by atomic mass is 9.92. The maximum atomic E-state index is 12.2. The summed E-state index contributed by atoms with van der Waals surface area (Å²) in [6, 6.07) is 6.93. The minimum Gasteiger partial charge on any atom is -0.368 e. The van der Waals surface area contributed by atoms with Crippen LogP contribution in [0.4, 0.5) is 0 Å². The second kappa shape index (κ2) is 5.61. The summed E-state index contributed by atoms with van der Waals surface area (Å²) in [6.07, 6.45) is 0.954. The molecule has 0 radical (unpaired) electrons. The van der Waals surface area contributed by atoms with Crippen molar-refractivity contribution >= 4 is 23.4 Å². The van der Waals surface area contributed by atoms with Crippen molar-refractivity contribution in [2.24, 2.45) is 5.73 Å². The van der Waals surface area contributed by atoms with Gasteiger partial charge < -0.3 is 10.6 Å². The van der Waals surface area contributed by atoms with Gasteiger partial charge in [-0.3, -0.25) is 9.59 Å². The lowest BCUT2D eigenvalue weighted by Crippen LogP contribution is -2.46. The van der Waals surface area contributed by atoms with E-state index in [0.29, 0.717) is 6.54 Å². The van der Waals surface area contributed by atoms with E-state index in [1.165, 1.54) is 0 Å². The second-order valence-electron chi connectivity index (χ2n) is 4.83. The first-order valence-corrected chi connectivity index (χ1v) is 6.75. The highest BCUT2D eigenvalue weighted by Crippen LogP contribution is 2.30. The molecule has 0 bridgehead atoms. The number of halogens is 1. The Labute approximate surface area is 117 Å². The molecular formula is C14H17ClN2O2. The van der Waals surface area contributed by atoms with Crippen molar-refractivity contribution < 1.29 is 9.59 Å². The molecular weight excluding hydrogens is 264 g/mol. The molecule has 1 aliphatic rings. The van der Waals surface area contributed by atoms with Gasteiger partial charge in [-0.05, 0) is 24.5 Å². The SMILES string of the molecule is CC(Cl)CC(=O)N1CCc2ccccc2C1C(N)=O. The number of nitrogens with zero attached hydrogens (tertiary/aromatic N) is 1. The maximum Gasteiger partial charge on any atom is 0.244 e. The van der Waals surface area contributed by atoms with Crippen molar-refractivity contribution in [3.8, 4) is 0 Å². The molecule has 2 rings (SSSR count). The molecule has 1 aromatic carbocycles. The van der Waals surface area contributed by atoms with Gasteiger partial charge in [-0.15, -0.1) is 11.6 Å². The number of amides is 2. The van der Waals surface area contributed by atoms with Crippen LogP contribution in [0.1, 0.15) is 30.5 Å². The Hall–Kier alpha value is -1.55. The van der Waals surface area contributed by atoms with Crippen LogP contribution < -0.4 is 5.73 Å². The van der Waals surface area contributed by atoms with Gasteiger partial charge in [0.15, 0.2) is 0 Å². The fourth-order valence-electron chi connectivity index (χ4n) is 2.50. The monoisotopic (exact) mass is 280 g/mol. The third-order valence-corrected chi connectivity index (χ3v) is 3.48. The number of nitrogens with two attached hydrogens (primary N) is 1. The summed E-state index contributed by atoms with van der Waals surface area (Å²) in [5.74, 6) is -0.622. The highest BCUT2D eigenvalue weighted by atomic mass is 35.5. The van der Waals surface area contributed by atoms with Gasteiger partial charge in [-0.2, -0.15) is 0 Å². The van der Waals surface area contributed by atoms with Crippen molar-refractivity contribution in [3.05, 3.63) is 35.4 Å². The van der Waals surface area contributed by atoms with Gasteiger partial charge in [-0.1, -0.05) is 24.3 Å². The van der Waals surface area contributed by atoms with E-state index < -0.39 is 11.9 Å². The molecule has 1 aliphatic heterocycles. The molecule has 102 valence electrons. The number of carbonyl (C=O) groups is 2. The van der Waals surface area contributed by atoms with Crippen LogP contribution in [-0.2, 0) is 16.0 Å². The summed E-state index contributed by atoms with van der Waals surface area (Å²) in [7, 11) is 0. The summed E-state index contributed by atoms with van der Waals surface area (Å²) >= 11 is 5.86. The zero-order valence-electron chi connectivity index (χ0n) is 10.8. The third-order valence-electron chi connectivity index (χ3n) is 3.33. The van der Waals surface area contributed by atoms with Gasteiger partial charge in [0.1, 0.15) is 6.04 Å². The van der Waals surface area contributed by atoms with E-state index in [1.807, 2.05) is 24.3 Å². The predicted molar refractivity (Wildman–Crippen MR) is 73.7 cm³/mol. The molecule has 0 aliphatic carbocycles. The quantitative estimate of drug-likeness (QED) is 0.855. The minimum atomic E-state index is -0.673. The standard InChI is InChI=1S/C14H17ClN2O2/c1-9(15)8-12(18)17-7-6-10-4-2-3-5-11(10)13(17)14(16)19/h2-5,9,13H,6-8H2,1H3,(H2,16,19). The predicted octanol–water partition coefficient (Wildman–Crippen LogP) is 1.62. The first-order valence-electron chi connectivity index (χ1n) is 6.31. The number of hydrogen-bond donors (Lipinski definition) is 1. The van der Waals surface area contributed by atoms with Crippen LogP contribution in [0.5, 0.6) is 0 Å². The smallest absolute Gasteiger partial charge is 0.244 e. The average molecular weight is 281 g/mol. The number of primary amides is 1. The summed E-state index contributed by atoms with van der Waals surface area (Å²) in [5.41, 5.74) is 7.38. The van der Waals surface area contributed by atoms with E-state index in [-0.39, 0.29) is 17.7 Å². The van der Waals surface area contributed by atoms with Crippen molar-refractivity contribution in [1.29, 1.82) is 0 Å². The molecule has 0 saturated carbocycles. The number of rotatable bonds is 3. The van der Waals surface area contributed by atoms with Crippen LogP contribution in [0.2, 0.25) is 0 Å². The van der Waals surface area contributed by atoms with Crippen molar-refractivity contribution in [2.45, 2.75) is 31.2 Å². The third kappa shape index (κ3) is 2.89. The Morgan fingerprint density at radius 3 is 2.79 bits per heavy atom. The number of fused-ring (bicyclic) bond motifs is 1. The summed E-state index contributed by atoms with van der Waals surface area (Å²) in [5, 5.41) is -0.252. The van der Waals surface area contributed by atoms with Gasteiger partial charge in [-0.25, -0.2) is 0 Å². The first-order chi connectivity index (χ1) is 9.00. The van der Waals surface area contributed by atoms with Gasteiger partial charge in [0, 0.05) is 18.3 Å². The van der Waals surface area contributed by atoms with Gasteiger partial charge in [0.2, 0.25) is 11.8 Å². The van der Waals surface area contributed by atoms with Crippen LogP contribution in [0.15, 0.2) is 24.3 Å². The summed E-state index contributed by atoms with van der Waals surface area (Å²) in [4.78, 5) is 25.4. The van der Waals surface area contributed by atoms with Crippen molar-refractivity contribution in [3.63, 3.8) is 0 Å². The van der Waals surface area contributed by atoms with Crippen LogP contribution >= 0.6 is 11.6 Å². The van der Waals surface area contributed by atoms with Crippen LogP contribution in [0.3, 0.4) is 0 Å². The molecule has 4 nitrogen and oxygen atoms in total. The average Bonchev–Trinajstić information content (AvgIpc) is 2.36. The minimum absolute atomic E-state index is 0.124. The number of carbonyl (C=O) groups excluding carboxylic acids is 2. The normalized spacial score (nSPS) is 19.7. The van der Waals surface area contributed by atoms with Crippen molar-refractivity contribution in [1.82, 2.24) is 4.90 Å². The maximum absolute atomic E-state index is 12.2. The van der Waals surface area contributed by atoms with E-state index in [2.05, 4.69) is 0 Å². The van der Waals surface area contributed by atoms with Crippen LogP contribution in [-0.4, -0.2) is 28.6 Å². The van der Waals surface area contributed by atoms with E-state index in [0.717, 1.165) is 17.5 Å². The Morgan fingerprint density at radius 1 is 1.47 bits per heavy atom. The molecule has 0 saturated heterocycles. The van der Waals surface area contributed by atoms with E-state index >= 15 is 0 Å². The first kappa shape index (κ1) is 13.9. The molecule has 19 heavy (non-hydrogen) atoms. The lowest BCUT2D eigenvalue weighted by molar-refractivity contribution is -0.140. The highest BCUT2D eigenvalue weighted by Gasteiger charge is 2.34. The Morgan fingerprint density at radius 2 is 2.16 bits per heavy atom. The van der Waals surface area contributed by atoms with Gasteiger partial charge in [0.05, 0.1) is 0 Å². The highest BCUT2D eigenvalue weighted by molar-refractivity contribution is 6.21. The van der Waals surface area contributed by atoms with E-state index in [9.17, 15) is 9.59 Å². The Balaban J connectivity index is 2.32. The van der Waals surface area contributed by atoms with E-state index in [1.54, 1.807) is 11.8 Å². The second-order valence-corrected chi connectivity index (χ2v) is 5.57. The molecule has 0 fully saturated rings. The molecule has 2 amide bonds. The molecule has 0 aromatic heterocycles. The zero-order chi connectivity index (χ0) is 14.0. The molecule has 2 unspecified atom stereocenters. The Bertz CT molecular complexity index is 502. The van der Waals surface area contributed by atoms with Gasteiger partial charge >= 0.3 is 0 Å². The largest absolute Gasteiger partial charge is 0.368 e. The van der Waals surface area contributed by atoms with Crippen LogP contribution in [0.25, 0.3) is 0 Å². The summed E-state index contributed by atoms with van der Waals surface area (Å²) < 4.78 is 0. The fraction of sp³-hybridized carbons (Fsp3) is 0.429.